The van der Waals surface area contributed by atoms with Crippen LogP contribution in [0.25, 0.3) is 0 Å². The van der Waals surface area contributed by atoms with Crippen molar-refractivity contribution < 1.29 is 4.79 Å². The third-order valence-corrected chi connectivity index (χ3v) is 3.50. The fourth-order valence-corrected chi connectivity index (χ4v) is 2.50. The van der Waals surface area contributed by atoms with E-state index in [1.54, 1.807) is 0 Å². The number of hydrogen-bond acceptors (Lipinski definition) is 2. The molecule has 0 saturated carbocycles. The molecule has 1 saturated heterocycles. The molecule has 1 aliphatic rings. The Morgan fingerprint density at radius 2 is 2.06 bits per heavy atom. The van der Waals surface area contributed by atoms with Crippen LogP contribution in [0.1, 0.15) is 52.9 Å². The molecule has 1 unspecified atom stereocenters. The highest BCUT2D eigenvalue weighted by Crippen LogP contribution is 2.18. The predicted molar refractivity (Wildman–Crippen MR) is 67.4 cm³/mol. The molecule has 3 nitrogen and oxygen atoms in total. The number of amides is 1. The van der Waals surface area contributed by atoms with Crippen LogP contribution >= 0.6 is 0 Å². The van der Waals surface area contributed by atoms with E-state index in [2.05, 4.69) is 31.0 Å². The van der Waals surface area contributed by atoms with Gasteiger partial charge in [0.15, 0.2) is 0 Å². The van der Waals surface area contributed by atoms with Crippen molar-refractivity contribution in [3.05, 3.63) is 0 Å². The first-order chi connectivity index (χ1) is 7.74. The molecular formula is C13H26N2O. The topological polar surface area (TPSA) is 32.3 Å². The Bertz CT molecular complexity index is 214. The average molecular weight is 226 g/mol. The van der Waals surface area contributed by atoms with Gasteiger partial charge in [0.05, 0.1) is 6.04 Å². The van der Waals surface area contributed by atoms with Crippen LogP contribution in [0.15, 0.2) is 0 Å². The van der Waals surface area contributed by atoms with Gasteiger partial charge in [-0.3, -0.25) is 4.79 Å². The van der Waals surface area contributed by atoms with Gasteiger partial charge in [-0.25, -0.2) is 0 Å². The lowest BCUT2D eigenvalue weighted by Crippen LogP contribution is -2.54. The summed E-state index contributed by atoms with van der Waals surface area (Å²) < 4.78 is 0. The zero-order valence-corrected chi connectivity index (χ0v) is 11.0. The van der Waals surface area contributed by atoms with Crippen molar-refractivity contribution in [3.63, 3.8) is 0 Å². The number of nitrogens with zero attached hydrogens (tertiary/aromatic N) is 1. The Labute approximate surface area is 99.6 Å². The summed E-state index contributed by atoms with van der Waals surface area (Å²) in [5, 5.41) is 3.36. The van der Waals surface area contributed by atoms with Gasteiger partial charge in [0, 0.05) is 12.6 Å². The smallest absolute Gasteiger partial charge is 0.239 e. The molecule has 0 bridgehead atoms. The number of likely N-dealkylation sites (tertiary alicyclic amines) is 1. The van der Waals surface area contributed by atoms with Gasteiger partial charge in [-0.2, -0.15) is 0 Å². The maximum absolute atomic E-state index is 12.3. The fraction of sp³-hybridized carbons (Fsp3) is 0.923. The SMILES string of the molecule is CCCNC1CCCN(C(CC)CC)C1=O. The molecule has 0 aliphatic carbocycles. The highest BCUT2D eigenvalue weighted by molar-refractivity contribution is 5.82. The van der Waals surface area contributed by atoms with Crippen LogP contribution in [-0.2, 0) is 4.79 Å². The minimum absolute atomic E-state index is 0.0781. The molecule has 0 aromatic rings. The summed E-state index contributed by atoms with van der Waals surface area (Å²) in [5.41, 5.74) is 0. The van der Waals surface area contributed by atoms with Gasteiger partial charge in [0.25, 0.3) is 0 Å². The molecule has 1 N–H and O–H groups in total. The zero-order valence-electron chi connectivity index (χ0n) is 11.0. The van der Waals surface area contributed by atoms with Gasteiger partial charge in [-0.15, -0.1) is 0 Å². The third-order valence-electron chi connectivity index (χ3n) is 3.50. The van der Waals surface area contributed by atoms with Crippen molar-refractivity contribution in [3.8, 4) is 0 Å². The zero-order chi connectivity index (χ0) is 12.0. The number of hydrogen-bond donors (Lipinski definition) is 1. The van der Waals surface area contributed by atoms with E-state index in [0.717, 1.165) is 45.2 Å². The van der Waals surface area contributed by atoms with Gasteiger partial charge < -0.3 is 10.2 Å². The van der Waals surface area contributed by atoms with E-state index >= 15 is 0 Å². The van der Waals surface area contributed by atoms with E-state index in [9.17, 15) is 4.79 Å². The minimum atomic E-state index is 0.0781. The van der Waals surface area contributed by atoms with Crippen molar-refractivity contribution in [2.45, 2.75) is 65.0 Å². The summed E-state index contributed by atoms with van der Waals surface area (Å²) in [5.74, 6) is 0.327. The standard InChI is InChI=1S/C13H26N2O/c1-4-9-14-12-8-7-10-15(13(12)16)11(5-2)6-3/h11-12,14H,4-10H2,1-3H3. The second kappa shape index (κ2) is 6.89. The van der Waals surface area contributed by atoms with Gasteiger partial charge >= 0.3 is 0 Å². The van der Waals surface area contributed by atoms with E-state index in [1.807, 2.05) is 0 Å². The third kappa shape index (κ3) is 3.21. The fourth-order valence-electron chi connectivity index (χ4n) is 2.50. The number of carbonyl (C=O) groups is 1. The summed E-state index contributed by atoms with van der Waals surface area (Å²) in [6.45, 7) is 8.39. The lowest BCUT2D eigenvalue weighted by atomic mass is 10.0. The molecule has 1 amide bonds. The summed E-state index contributed by atoms with van der Waals surface area (Å²) >= 11 is 0. The second-order valence-electron chi connectivity index (χ2n) is 4.65. The van der Waals surface area contributed by atoms with Crippen LogP contribution in [0.4, 0.5) is 0 Å². The summed E-state index contributed by atoms with van der Waals surface area (Å²) in [6, 6.07) is 0.521. The monoisotopic (exact) mass is 226 g/mol. The molecule has 3 heteroatoms. The molecule has 0 spiro atoms. The molecule has 1 fully saturated rings. The van der Waals surface area contributed by atoms with E-state index in [1.165, 1.54) is 0 Å². The van der Waals surface area contributed by atoms with E-state index in [-0.39, 0.29) is 6.04 Å². The molecule has 0 aromatic carbocycles. The summed E-state index contributed by atoms with van der Waals surface area (Å²) in [7, 11) is 0. The van der Waals surface area contributed by atoms with Crippen LogP contribution in [0.3, 0.4) is 0 Å². The molecule has 16 heavy (non-hydrogen) atoms. The van der Waals surface area contributed by atoms with E-state index in [4.69, 9.17) is 0 Å². The number of carbonyl (C=O) groups excluding carboxylic acids is 1. The maximum atomic E-state index is 12.3. The Hall–Kier alpha value is -0.570. The molecule has 0 aromatic heterocycles. The van der Waals surface area contributed by atoms with Gasteiger partial charge in [0.1, 0.15) is 0 Å². The summed E-state index contributed by atoms with van der Waals surface area (Å²) in [4.78, 5) is 14.3. The van der Waals surface area contributed by atoms with Crippen LogP contribution in [0, 0.1) is 0 Å². The molecule has 1 heterocycles. The lowest BCUT2D eigenvalue weighted by molar-refractivity contribution is -0.138. The van der Waals surface area contributed by atoms with Crippen molar-refractivity contribution in [1.29, 1.82) is 0 Å². The van der Waals surface area contributed by atoms with Crippen molar-refractivity contribution in [2.24, 2.45) is 0 Å². The van der Waals surface area contributed by atoms with E-state index < -0.39 is 0 Å². The van der Waals surface area contributed by atoms with Gasteiger partial charge in [0.2, 0.25) is 5.91 Å². The van der Waals surface area contributed by atoms with Crippen LogP contribution < -0.4 is 5.32 Å². The number of rotatable bonds is 6. The highest BCUT2D eigenvalue weighted by atomic mass is 16.2. The van der Waals surface area contributed by atoms with Crippen molar-refractivity contribution >= 4 is 5.91 Å². The molecule has 1 rings (SSSR count). The number of nitrogens with one attached hydrogen (secondary N) is 1. The first kappa shape index (κ1) is 13.5. The first-order valence-electron chi connectivity index (χ1n) is 6.78. The largest absolute Gasteiger partial charge is 0.338 e. The normalized spacial score (nSPS) is 21.9. The maximum Gasteiger partial charge on any atom is 0.239 e. The van der Waals surface area contributed by atoms with Crippen LogP contribution in [0.2, 0.25) is 0 Å². The Balaban J connectivity index is 2.55. The average Bonchev–Trinajstić information content (AvgIpc) is 2.31. The molecule has 94 valence electrons. The number of piperidine rings is 1. The van der Waals surface area contributed by atoms with Gasteiger partial charge in [-0.1, -0.05) is 20.8 Å². The van der Waals surface area contributed by atoms with Crippen LogP contribution in [-0.4, -0.2) is 36.0 Å². The molecule has 1 aliphatic heterocycles. The predicted octanol–water partition coefficient (Wildman–Crippen LogP) is 2.17. The molecular weight excluding hydrogens is 200 g/mol. The van der Waals surface area contributed by atoms with Crippen LogP contribution in [0.5, 0.6) is 0 Å². The quantitative estimate of drug-likeness (QED) is 0.753. The molecule has 0 radical (unpaired) electrons. The van der Waals surface area contributed by atoms with E-state index in [0.29, 0.717) is 11.9 Å². The molecule has 1 atom stereocenters. The Kier molecular flexibility index (Phi) is 5.81. The summed E-state index contributed by atoms with van der Waals surface area (Å²) in [6.07, 6.45) is 5.39. The highest BCUT2D eigenvalue weighted by Gasteiger charge is 2.31. The Morgan fingerprint density at radius 1 is 1.38 bits per heavy atom. The minimum Gasteiger partial charge on any atom is -0.338 e. The van der Waals surface area contributed by atoms with Gasteiger partial charge in [-0.05, 0) is 38.6 Å². The van der Waals surface area contributed by atoms with Crippen molar-refractivity contribution in [1.82, 2.24) is 10.2 Å². The first-order valence-corrected chi connectivity index (χ1v) is 6.78. The lowest BCUT2D eigenvalue weighted by Gasteiger charge is -2.37. The van der Waals surface area contributed by atoms with Crippen molar-refractivity contribution in [2.75, 3.05) is 13.1 Å². The second-order valence-corrected chi connectivity index (χ2v) is 4.65. The Morgan fingerprint density at radius 3 is 2.62 bits per heavy atom.